The summed E-state index contributed by atoms with van der Waals surface area (Å²) in [5.74, 6) is -3.35. The van der Waals surface area contributed by atoms with Crippen molar-refractivity contribution in [2.75, 3.05) is 18.0 Å². The average molecular weight is 683 g/mol. The third-order valence-electron chi connectivity index (χ3n) is 8.44. The van der Waals surface area contributed by atoms with Gasteiger partial charge in [0.1, 0.15) is 12.1 Å². The van der Waals surface area contributed by atoms with Gasteiger partial charge < -0.3 is 32.3 Å². The van der Waals surface area contributed by atoms with Crippen LogP contribution >= 0.6 is 0 Å². The molecule has 2 amide bonds. The van der Waals surface area contributed by atoms with E-state index >= 15 is 0 Å². The van der Waals surface area contributed by atoms with Crippen molar-refractivity contribution in [1.29, 1.82) is 0 Å². The lowest BCUT2D eigenvalue weighted by Crippen LogP contribution is -2.52. The molecular weight excluding hydrogens is 644 g/mol. The van der Waals surface area contributed by atoms with Crippen molar-refractivity contribution in [3.63, 3.8) is 0 Å². The molecule has 16 nitrogen and oxygen atoms in total. The molecule has 0 bridgehead atoms. The Balaban J connectivity index is 1.19. The molecule has 1 aliphatic carbocycles. The Labute approximate surface area is 286 Å². The van der Waals surface area contributed by atoms with Crippen molar-refractivity contribution in [2.24, 2.45) is 10.2 Å². The number of aromatic nitrogens is 4. The van der Waals surface area contributed by atoms with Crippen LogP contribution in [0.25, 0.3) is 11.2 Å². The molecule has 0 unspecified atom stereocenters. The van der Waals surface area contributed by atoms with Crippen LogP contribution in [-0.2, 0) is 27.2 Å². The van der Waals surface area contributed by atoms with E-state index < -0.39 is 42.3 Å². The topological polar surface area (TPSA) is 261 Å². The van der Waals surface area contributed by atoms with Gasteiger partial charge in [0.2, 0.25) is 11.9 Å². The zero-order valence-electron chi connectivity index (χ0n) is 27.2. The summed E-state index contributed by atoms with van der Waals surface area (Å²) in [6.07, 6.45) is 5.63. The molecule has 260 valence electrons. The third-order valence-corrected chi connectivity index (χ3v) is 8.44. The van der Waals surface area contributed by atoms with Gasteiger partial charge in [0.15, 0.2) is 17.0 Å². The molecule has 0 saturated heterocycles. The van der Waals surface area contributed by atoms with E-state index in [1.54, 1.807) is 18.3 Å². The summed E-state index contributed by atoms with van der Waals surface area (Å²) >= 11 is 0. The number of rotatable bonds is 15. The maximum atomic E-state index is 13.3. The monoisotopic (exact) mass is 682 g/mol. The van der Waals surface area contributed by atoms with Crippen molar-refractivity contribution in [1.82, 2.24) is 30.6 Å². The quantitative estimate of drug-likeness (QED) is 0.0986. The number of azo groups is 1. The number of carboxylic acid groups (broad SMARTS) is 2. The number of hydrogen-bond acceptors (Lipinski definition) is 12. The molecule has 2 aromatic carbocycles. The lowest BCUT2D eigenvalue weighted by atomic mass is 9.90. The van der Waals surface area contributed by atoms with Gasteiger partial charge in [-0.15, -0.1) is 0 Å². The lowest BCUT2D eigenvalue weighted by Gasteiger charge is -2.23. The van der Waals surface area contributed by atoms with Crippen molar-refractivity contribution in [3.05, 3.63) is 77.1 Å². The van der Waals surface area contributed by atoms with Crippen molar-refractivity contribution < 1.29 is 29.4 Å². The molecule has 0 spiro atoms. The molecule has 4 aromatic rings. The largest absolute Gasteiger partial charge is 0.481 e. The number of carbonyl (C=O) groups is 4. The van der Waals surface area contributed by atoms with Gasteiger partial charge in [-0.2, -0.15) is 20.2 Å². The van der Waals surface area contributed by atoms with E-state index in [2.05, 4.69) is 40.8 Å². The summed E-state index contributed by atoms with van der Waals surface area (Å²) in [5, 5.41) is 32.7. The Morgan fingerprint density at radius 2 is 1.66 bits per heavy atom. The van der Waals surface area contributed by atoms with Crippen molar-refractivity contribution in [3.8, 4) is 0 Å². The molecule has 2 aromatic heterocycles. The summed E-state index contributed by atoms with van der Waals surface area (Å²) in [4.78, 5) is 66.5. The Morgan fingerprint density at radius 3 is 2.38 bits per heavy atom. The normalized spacial score (nSPS) is 14.4. The van der Waals surface area contributed by atoms with Crippen molar-refractivity contribution >= 4 is 52.4 Å². The fourth-order valence-electron chi connectivity index (χ4n) is 5.90. The first-order valence-corrected chi connectivity index (χ1v) is 16.2. The number of nitrogens with two attached hydrogens (primary N) is 2. The minimum absolute atomic E-state index is 0.00803. The molecule has 8 N–H and O–H groups in total. The minimum Gasteiger partial charge on any atom is -0.481 e. The van der Waals surface area contributed by atoms with Gasteiger partial charge in [-0.1, -0.05) is 37.1 Å². The number of nitrogens with one attached hydrogen (secondary N) is 2. The number of carbonyl (C=O) groups excluding carboxylic acids is 2. The van der Waals surface area contributed by atoms with Gasteiger partial charge in [-0.25, -0.2) is 14.8 Å². The second kappa shape index (κ2) is 16.4. The zero-order chi connectivity index (χ0) is 35.6. The van der Waals surface area contributed by atoms with Crippen LogP contribution in [0.2, 0.25) is 0 Å². The number of hydrogen-bond donors (Lipinski definition) is 6. The third kappa shape index (κ3) is 9.30. The zero-order valence-corrected chi connectivity index (χ0v) is 27.2. The Kier molecular flexibility index (Phi) is 11.5. The fraction of sp³-hybridized carbons (Fsp3) is 0.353. The molecule has 1 fully saturated rings. The summed E-state index contributed by atoms with van der Waals surface area (Å²) in [5.41, 5.74) is 15.3. The Bertz CT molecular complexity index is 1900. The van der Waals surface area contributed by atoms with Crippen LogP contribution in [0, 0.1) is 0 Å². The summed E-state index contributed by atoms with van der Waals surface area (Å²) in [7, 11) is 0. The van der Waals surface area contributed by atoms with Crippen LogP contribution in [0.15, 0.2) is 65.0 Å². The van der Waals surface area contributed by atoms with E-state index in [1.807, 2.05) is 24.3 Å². The molecule has 16 heteroatoms. The van der Waals surface area contributed by atoms with Crippen LogP contribution in [0.1, 0.15) is 71.6 Å². The maximum absolute atomic E-state index is 13.3. The second-order valence-electron chi connectivity index (χ2n) is 12.0. The highest BCUT2D eigenvalue weighted by Gasteiger charge is 2.29. The molecule has 2 atom stereocenters. The molecule has 1 saturated carbocycles. The molecule has 50 heavy (non-hydrogen) atoms. The van der Waals surface area contributed by atoms with E-state index in [9.17, 15) is 29.4 Å². The van der Waals surface area contributed by atoms with Crippen LogP contribution in [0.4, 0.5) is 17.5 Å². The van der Waals surface area contributed by atoms with Gasteiger partial charge in [0.05, 0.1) is 24.1 Å². The highest BCUT2D eigenvalue weighted by molar-refractivity contribution is 5.98. The SMILES string of the molecule is Nc1nc(N)c2nc(CCN=Nc3ccc(C(=O)N[C@@H](CCC(=O)O)C(=O)N[C@@H](Cc4ccccc4C4CCCC4)C(=O)O)cc3)cnc2n1. The van der Waals surface area contributed by atoms with Gasteiger partial charge in [-0.3, -0.25) is 14.4 Å². The minimum atomic E-state index is -1.29. The molecule has 0 radical (unpaired) electrons. The summed E-state index contributed by atoms with van der Waals surface area (Å²) in [6.45, 7) is 0.280. The van der Waals surface area contributed by atoms with Crippen molar-refractivity contribution in [2.45, 2.75) is 69.4 Å². The second-order valence-corrected chi connectivity index (χ2v) is 12.0. The Morgan fingerprint density at radius 1 is 0.920 bits per heavy atom. The first-order chi connectivity index (χ1) is 24.1. The summed E-state index contributed by atoms with van der Waals surface area (Å²) in [6, 6.07) is 11.2. The average Bonchev–Trinajstić information content (AvgIpc) is 3.63. The molecule has 1 aliphatic rings. The number of amides is 2. The number of anilines is 2. The number of nitrogens with zero attached hydrogens (tertiary/aromatic N) is 6. The molecule has 5 rings (SSSR count). The standard InChI is InChI=1S/C34H38N10O6/c35-29-28-30(43-34(36)42-29)37-18-23(39-28)15-16-38-44-22-11-9-20(10-12-22)31(47)40-25(13-14-27(45)46)32(48)41-26(33(49)50)17-21-7-3-4-8-24(21)19-5-1-2-6-19/h3-4,7-12,18-19,25-26H,1-2,5-6,13-17H2,(H,40,47)(H,41,48)(H,45,46)(H,49,50)(H4,35,36,37,42,43)/t25-,26-/m0/s1. The summed E-state index contributed by atoms with van der Waals surface area (Å²) < 4.78 is 0. The van der Waals surface area contributed by atoms with E-state index in [1.165, 1.54) is 12.1 Å². The van der Waals surface area contributed by atoms with E-state index in [-0.39, 0.29) is 36.7 Å². The molecule has 0 aliphatic heterocycles. The first-order valence-electron chi connectivity index (χ1n) is 16.2. The first kappa shape index (κ1) is 35.3. The smallest absolute Gasteiger partial charge is 0.326 e. The van der Waals surface area contributed by atoms with Crippen LogP contribution in [0.5, 0.6) is 0 Å². The van der Waals surface area contributed by atoms with Crippen LogP contribution < -0.4 is 22.1 Å². The maximum Gasteiger partial charge on any atom is 0.326 e. The van der Waals surface area contributed by atoms with Crippen LogP contribution in [0.3, 0.4) is 0 Å². The number of nitrogen functional groups attached to an aromatic ring is 2. The van der Waals surface area contributed by atoms with Gasteiger partial charge in [0.25, 0.3) is 5.91 Å². The molecule has 2 heterocycles. The number of benzene rings is 2. The highest BCUT2D eigenvalue weighted by Crippen LogP contribution is 2.36. The van der Waals surface area contributed by atoms with Gasteiger partial charge >= 0.3 is 11.9 Å². The predicted octanol–water partition coefficient (Wildman–Crippen LogP) is 3.34. The number of aliphatic carboxylic acids is 2. The van der Waals surface area contributed by atoms with Gasteiger partial charge in [-0.05, 0) is 60.6 Å². The molecular formula is C34H38N10O6. The Hall–Kier alpha value is -6.06. The van der Waals surface area contributed by atoms with Gasteiger partial charge in [0, 0.05) is 24.8 Å². The number of carboxylic acids is 2. The highest BCUT2D eigenvalue weighted by atomic mass is 16.4. The van der Waals surface area contributed by atoms with Crippen LogP contribution in [-0.4, -0.2) is 72.5 Å². The van der Waals surface area contributed by atoms with E-state index in [4.69, 9.17) is 11.5 Å². The fourth-order valence-corrected chi connectivity index (χ4v) is 5.90. The predicted molar refractivity (Wildman–Crippen MR) is 183 cm³/mol. The number of fused-ring (bicyclic) bond motifs is 1. The lowest BCUT2D eigenvalue weighted by molar-refractivity contribution is -0.142. The van der Waals surface area contributed by atoms with E-state index in [0.717, 1.165) is 36.8 Å². The van der Waals surface area contributed by atoms with E-state index in [0.29, 0.717) is 34.9 Å².